The lowest BCUT2D eigenvalue weighted by Crippen LogP contribution is -2.40. The fraction of sp³-hybridized carbons (Fsp3) is 0.333. The Kier molecular flexibility index (Phi) is 2.87. The molecule has 0 spiro atoms. The molecular weight excluding hydrogens is 246 g/mol. The van der Waals surface area contributed by atoms with Crippen LogP contribution in [0.4, 0.5) is 8.78 Å². The van der Waals surface area contributed by atoms with Gasteiger partial charge in [-0.25, -0.2) is 8.78 Å². The highest BCUT2D eigenvalue weighted by Gasteiger charge is 2.34. The molecule has 1 aromatic heterocycles. The van der Waals surface area contributed by atoms with E-state index >= 15 is 0 Å². The highest BCUT2D eigenvalue weighted by atomic mass is 35.5. The average Bonchev–Trinajstić information content (AvgIpc) is 2.56. The first-order valence-corrected chi connectivity index (χ1v) is 5.54. The summed E-state index contributed by atoms with van der Waals surface area (Å²) < 4.78 is 27.7. The van der Waals surface area contributed by atoms with Gasteiger partial charge in [-0.3, -0.25) is 0 Å². The van der Waals surface area contributed by atoms with Crippen molar-refractivity contribution in [3.8, 4) is 0 Å². The number of nitrogens with two attached hydrogens (primary N) is 1. The van der Waals surface area contributed by atoms with Crippen LogP contribution in [-0.4, -0.2) is 11.0 Å². The number of hydrogen-bond donors (Lipinski definition) is 1. The Labute approximate surface area is 103 Å². The first-order valence-electron chi connectivity index (χ1n) is 5.16. The number of hydrogen-bond acceptors (Lipinski definition) is 1. The lowest BCUT2D eigenvalue weighted by molar-refractivity contribution is 0.0632. The summed E-state index contributed by atoms with van der Waals surface area (Å²) in [5, 5.41) is 1.28. The van der Waals surface area contributed by atoms with Crippen molar-refractivity contribution < 1.29 is 8.78 Å². The maximum absolute atomic E-state index is 13.0. The van der Waals surface area contributed by atoms with E-state index in [-0.39, 0.29) is 0 Å². The van der Waals surface area contributed by atoms with Crippen molar-refractivity contribution in [1.29, 1.82) is 0 Å². The predicted molar refractivity (Wildman–Crippen MR) is 65.5 cm³/mol. The minimum Gasteiger partial charge on any atom is -0.350 e. The number of aryl methyl sites for hydroxylation is 1. The van der Waals surface area contributed by atoms with Gasteiger partial charge in [0.2, 0.25) is 0 Å². The molecule has 1 heterocycles. The third-order valence-electron chi connectivity index (χ3n) is 2.99. The van der Waals surface area contributed by atoms with Gasteiger partial charge >= 0.3 is 0 Å². The summed E-state index contributed by atoms with van der Waals surface area (Å²) in [4.78, 5) is 0. The summed E-state index contributed by atoms with van der Waals surface area (Å²) in [6.07, 6.45) is -0.989. The van der Waals surface area contributed by atoms with E-state index in [9.17, 15) is 8.78 Å². The van der Waals surface area contributed by atoms with E-state index in [0.29, 0.717) is 16.0 Å². The number of rotatable bonds is 2. The van der Waals surface area contributed by atoms with E-state index in [4.69, 9.17) is 17.3 Å². The van der Waals surface area contributed by atoms with Gasteiger partial charge in [0.25, 0.3) is 6.43 Å². The van der Waals surface area contributed by atoms with Gasteiger partial charge in [0.1, 0.15) is 5.54 Å². The first kappa shape index (κ1) is 12.3. The second-order valence-corrected chi connectivity index (χ2v) is 4.83. The van der Waals surface area contributed by atoms with Crippen LogP contribution in [0.15, 0.2) is 24.4 Å². The molecule has 17 heavy (non-hydrogen) atoms. The second kappa shape index (κ2) is 3.96. The van der Waals surface area contributed by atoms with Crippen molar-refractivity contribution >= 4 is 22.5 Å². The molecule has 0 amide bonds. The Morgan fingerprint density at radius 3 is 2.65 bits per heavy atom. The monoisotopic (exact) mass is 258 g/mol. The summed E-state index contributed by atoms with van der Waals surface area (Å²) in [6, 6.07) is 5.14. The number of benzene rings is 1. The predicted octanol–water partition coefficient (Wildman–Crippen LogP) is 3.27. The maximum Gasteiger partial charge on any atom is 0.260 e. The Balaban J connectivity index is 2.72. The molecule has 0 saturated carbocycles. The molecule has 0 fully saturated rings. The lowest BCUT2D eigenvalue weighted by Gasteiger charge is -2.23. The van der Waals surface area contributed by atoms with Crippen LogP contribution in [0.1, 0.15) is 12.5 Å². The van der Waals surface area contributed by atoms with Crippen LogP contribution in [0, 0.1) is 0 Å². The number of fused-ring (bicyclic) bond motifs is 1. The molecule has 1 aromatic carbocycles. The quantitative estimate of drug-likeness (QED) is 0.881. The molecule has 1 atom stereocenters. The van der Waals surface area contributed by atoms with E-state index in [0.717, 1.165) is 5.52 Å². The maximum atomic E-state index is 13.0. The molecule has 0 saturated heterocycles. The van der Waals surface area contributed by atoms with Crippen LogP contribution >= 0.6 is 11.6 Å². The van der Waals surface area contributed by atoms with Crippen molar-refractivity contribution in [3.05, 3.63) is 35.0 Å². The zero-order chi connectivity index (χ0) is 12.8. The minimum atomic E-state index is -2.62. The third kappa shape index (κ3) is 1.91. The lowest BCUT2D eigenvalue weighted by atomic mass is 9.93. The number of nitrogens with zero attached hydrogens (tertiary/aromatic N) is 1. The van der Waals surface area contributed by atoms with E-state index in [1.165, 1.54) is 6.92 Å². The van der Waals surface area contributed by atoms with Crippen molar-refractivity contribution in [2.24, 2.45) is 12.8 Å². The molecule has 0 bridgehead atoms. The summed E-state index contributed by atoms with van der Waals surface area (Å²) in [5.41, 5.74) is 5.27. The minimum absolute atomic E-state index is 0.432. The molecular formula is C12H13ClF2N2. The molecule has 0 aliphatic heterocycles. The summed E-state index contributed by atoms with van der Waals surface area (Å²) in [7, 11) is 1.78. The van der Waals surface area contributed by atoms with Gasteiger partial charge in [-0.05, 0) is 19.1 Å². The molecule has 1 unspecified atom stereocenters. The molecule has 2 N–H and O–H groups in total. The van der Waals surface area contributed by atoms with Crippen LogP contribution in [0.2, 0.25) is 5.02 Å². The normalized spacial score (nSPS) is 15.5. The van der Waals surface area contributed by atoms with Crippen molar-refractivity contribution in [2.75, 3.05) is 0 Å². The molecule has 2 nitrogen and oxygen atoms in total. The van der Waals surface area contributed by atoms with Gasteiger partial charge in [0.15, 0.2) is 0 Å². The Morgan fingerprint density at radius 1 is 1.41 bits per heavy atom. The van der Waals surface area contributed by atoms with Crippen molar-refractivity contribution in [2.45, 2.75) is 18.9 Å². The van der Waals surface area contributed by atoms with E-state index in [2.05, 4.69) is 0 Å². The summed E-state index contributed by atoms with van der Waals surface area (Å²) in [5.74, 6) is 0. The van der Waals surface area contributed by atoms with Crippen LogP contribution in [0.5, 0.6) is 0 Å². The molecule has 0 aliphatic rings. The average molecular weight is 259 g/mol. The van der Waals surface area contributed by atoms with Gasteiger partial charge in [-0.2, -0.15) is 0 Å². The molecule has 2 aromatic rings. The number of aromatic nitrogens is 1. The molecule has 2 rings (SSSR count). The SMILES string of the molecule is Cn1cc(C(C)(N)C(F)F)c2ccc(Cl)cc21. The van der Waals surface area contributed by atoms with E-state index in [1.807, 2.05) is 0 Å². The molecule has 92 valence electrons. The second-order valence-electron chi connectivity index (χ2n) is 4.40. The Morgan fingerprint density at radius 2 is 2.06 bits per heavy atom. The van der Waals surface area contributed by atoms with Crippen molar-refractivity contribution in [3.63, 3.8) is 0 Å². The van der Waals surface area contributed by atoms with Crippen LogP contribution in [0.25, 0.3) is 10.9 Å². The summed E-state index contributed by atoms with van der Waals surface area (Å²) in [6.45, 7) is 1.33. The first-order chi connectivity index (χ1) is 7.84. The smallest absolute Gasteiger partial charge is 0.260 e. The zero-order valence-corrected chi connectivity index (χ0v) is 10.3. The molecule has 0 aliphatic carbocycles. The number of alkyl halides is 2. The van der Waals surface area contributed by atoms with Crippen molar-refractivity contribution in [1.82, 2.24) is 4.57 Å². The third-order valence-corrected chi connectivity index (χ3v) is 3.22. The topological polar surface area (TPSA) is 30.9 Å². The van der Waals surface area contributed by atoms with Crippen LogP contribution < -0.4 is 5.73 Å². The van der Waals surface area contributed by atoms with Crippen LogP contribution in [0.3, 0.4) is 0 Å². The van der Waals surface area contributed by atoms with Gasteiger partial charge in [-0.15, -0.1) is 0 Å². The van der Waals surface area contributed by atoms with E-state index in [1.54, 1.807) is 36.0 Å². The zero-order valence-electron chi connectivity index (χ0n) is 9.55. The highest BCUT2D eigenvalue weighted by Crippen LogP contribution is 2.33. The Bertz CT molecular complexity index is 561. The van der Waals surface area contributed by atoms with E-state index < -0.39 is 12.0 Å². The number of halogens is 3. The Hall–Kier alpha value is -1.13. The van der Waals surface area contributed by atoms with Gasteiger partial charge in [0, 0.05) is 34.7 Å². The molecule has 0 radical (unpaired) electrons. The fourth-order valence-corrected chi connectivity index (χ4v) is 2.07. The fourth-order valence-electron chi connectivity index (χ4n) is 1.90. The van der Waals surface area contributed by atoms with Gasteiger partial charge in [0.05, 0.1) is 0 Å². The molecule has 5 heteroatoms. The van der Waals surface area contributed by atoms with Crippen LogP contribution in [-0.2, 0) is 12.6 Å². The highest BCUT2D eigenvalue weighted by molar-refractivity contribution is 6.31. The summed E-state index contributed by atoms with van der Waals surface area (Å²) >= 11 is 5.88. The standard InChI is InChI=1S/C12H13ClF2N2/c1-12(16,11(14)15)9-6-17(2)10-5-7(13)3-4-8(9)10/h3-6,11H,16H2,1-2H3. The van der Waals surface area contributed by atoms with Gasteiger partial charge < -0.3 is 10.3 Å². The van der Waals surface area contributed by atoms with Gasteiger partial charge in [-0.1, -0.05) is 17.7 Å². The largest absolute Gasteiger partial charge is 0.350 e.